The van der Waals surface area contributed by atoms with Gasteiger partial charge in [-0.3, -0.25) is 4.79 Å². The zero-order valence-electron chi connectivity index (χ0n) is 16.0. The topological polar surface area (TPSA) is 168 Å². The van der Waals surface area contributed by atoms with Gasteiger partial charge in [0.25, 0.3) is 0 Å². The van der Waals surface area contributed by atoms with E-state index >= 15 is 0 Å². The van der Waals surface area contributed by atoms with Crippen LogP contribution in [0.5, 0.6) is 0 Å². The number of nitrogens with two attached hydrogens (primary N) is 1. The van der Waals surface area contributed by atoms with Crippen molar-refractivity contribution >= 4 is 18.3 Å². The number of carbonyl (C=O) groups is 3. The van der Waals surface area contributed by atoms with Crippen molar-refractivity contribution in [1.82, 2.24) is 5.32 Å². The molecule has 1 rings (SSSR count). The van der Waals surface area contributed by atoms with Crippen molar-refractivity contribution in [1.29, 1.82) is 0 Å². The van der Waals surface area contributed by atoms with Gasteiger partial charge in [-0.05, 0) is 31.4 Å². The van der Waals surface area contributed by atoms with Crippen LogP contribution in [-0.2, 0) is 25.7 Å². The highest BCUT2D eigenvalue weighted by atomic mass is 16.6. The number of esters is 1. The van der Waals surface area contributed by atoms with Crippen LogP contribution in [0.25, 0.3) is 0 Å². The van der Waals surface area contributed by atoms with E-state index in [0.29, 0.717) is 19.4 Å². The van der Waals surface area contributed by atoms with E-state index in [-0.39, 0.29) is 19.3 Å². The summed E-state index contributed by atoms with van der Waals surface area (Å²) in [4.78, 5) is 35.6. The molecule has 10 heteroatoms. The van der Waals surface area contributed by atoms with Gasteiger partial charge in [0.1, 0.15) is 24.9 Å². The minimum Gasteiger partial charge on any atom is -0.450 e. The van der Waals surface area contributed by atoms with Crippen LogP contribution in [-0.4, -0.2) is 71.2 Å². The molecule has 1 amide bonds. The number of aliphatic hydroxyl groups is 3. The zero-order valence-corrected chi connectivity index (χ0v) is 16.0. The summed E-state index contributed by atoms with van der Waals surface area (Å²) in [7, 11) is 0. The second-order valence-electron chi connectivity index (χ2n) is 6.32. The number of amides is 1. The summed E-state index contributed by atoms with van der Waals surface area (Å²) in [5.41, 5.74) is 6.19. The summed E-state index contributed by atoms with van der Waals surface area (Å²) >= 11 is 0. The summed E-state index contributed by atoms with van der Waals surface area (Å²) in [5, 5.41) is 30.4. The number of alkyl carbamates (subject to hydrolysis) is 1. The van der Waals surface area contributed by atoms with Gasteiger partial charge in [-0.15, -0.1) is 0 Å². The van der Waals surface area contributed by atoms with Gasteiger partial charge in [0.05, 0.1) is 6.61 Å². The predicted octanol–water partition coefficient (Wildman–Crippen LogP) is -0.765. The lowest BCUT2D eigenvalue weighted by Gasteiger charge is -2.24. The molecule has 162 valence electrons. The van der Waals surface area contributed by atoms with Crippen molar-refractivity contribution < 1.29 is 39.2 Å². The highest BCUT2D eigenvalue weighted by Gasteiger charge is 2.32. The number of carbonyl (C=O) groups excluding carboxylic acids is 3. The number of aliphatic hydroxyl groups excluding tert-OH is 3. The van der Waals surface area contributed by atoms with Crippen molar-refractivity contribution in [2.75, 3.05) is 13.2 Å². The van der Waals surface area contributed by atoms with Crippen molar-refractivity contribution in [2.24, 2.45) is 5.73 Å². The number of nitrogens with one attached hydrogen (secondary N) is 1. The first-order valence-electron chi connectivity index (χ1n) is 9.23. The molecule has 29 heavy (non-hydrogen) atoms. The van der Waals surface area contributed by atoms with Gasteiger partial charge in [0.15, 0.2) is 12.4 Å². The average molecular weight is 412 g/mol. The SMILES string of the molecule is NCCCC[C@H](NC(=O)OCc1ccccc1)C(=O)O[C@@H](C=O)[C@H](O)[C@H](O)CO. The second-order valence-corrected chi connectivity index (χ2v) is 6.32. The van der Waals surface area contributed by atoms with E-state index in [1.54, 1.807) is 24.3 Å². The average Bonchev–Trinajstić information content (AvgIpc) is 2.74. The normalized spacial score (nSPS) is 14.9. The van der Waals surface area contributed by atoms with E-state index in [1.807, 2.05) is 6.07 Å². The van der Waals surface area contributed by atoms with E-state index in [1.165, 1.54) is 0 Å². The fraction of sp³-hybridized carbons (Fsp3) is 0.526. The van der Waals surface area contributed by atoms with Crippen LogP contribution in [0.2, 0.25) is 0 Å². The Bertz CT molecular complexity index is 628. The monoisotopic (exact) mass is 412 g/mol. The Kier molecular flexibility index (Phi) is 11.5. The number of unbranched alkanes of at least 4 members (excludes halogenated alkanes) is 1. The molecular formula is C19H28N2O8. The molecule has 4 atom stereocenters. The van der Waals surface area contributed by atoms with Gasteiger partial charge in [0, 0.05) is 0 Å². The Hall–Kier alpha value is -2.53. The minimum atomic E-state index is -1.81. The molecule has 0 aliphatic rings. The predicted molar refractivity (Wildman–Crippen MR) is 101 cm³/mol. The number of aldehydes is 1. The summed E-state index contributed by atoms with van der Waals surface area (Å²) in [6, 6.07) is 7.78. The van der Waals surface area contributed by atoms with Crippen LogP contribution in [0.4, 0.5) is 4.79 Å². The van der Waals surface area contributed by atoms with Crippen molar-refractivity contribution in [3.05, 3.63) is 35.9 Å². The maximum absolute atomic E-state index is 12.4. The number of hydrogen-bond acceptors (Lipinski definition) is 9. The van der Waals surface area contributed by atoms with E-state index < -0.39 is 43.0 Å². The van der Waals surface area contributed by atoms with Crippen LogP contribution < -0.4 is 11.1 Å². The van der Waals surface area contributed by atoms with E-state index in [0.717, 1.165) is 5.56 Å². The fourth-order valence-electron chi connectivity index (χ4n) is 2.37. The smallest absolute Gasteiger partial charge is 0.408 e. The first-order chi connectivity index (χ1) is 13.9. The maximum atomic E-state index is 12.4. The molecule has 0 radical (unpaired) electrons. The molecule has 0 aliphatic heterocycles. The van der Waals surface area contributed by atoms with Crippen LogP contribution in [0, 0.1) is 0 Å². The summed E-state index contributed by atoms with van der Waals surface area (Å²) in [6.07, 6.45) is -4.66. The molecular weight excluding hydrogens is 384 g/mol. The molecule has 6 N–H and O–H groups in total. The lowest BCUT2D eigenvalue weighted by Crippen LogP contribution is -2.48. The largest absolute Gasteiger partial charge is 0.450 e. The summed E-state index contributed by atoms with van der Waals surface area (Å²) in [6.45, 7) is -0.443. The molecule has 10 nitrogen and oxygen atoms in total. The fourth-order valence-corrected chi connectivity index (χ4v) is 2.37. The van der Waals surface area contributed by atoms with Crippen LogP contribution in [0.1, 0.15) is 24.8 Å². The Morgan fingerprint density at radius 2 is 1.86 bits per heavy atom. The van der Waals surface area contributed by atoms with E-state index in [4.69, 9.17) is 20.3 Å². The van der Waals surface area contributed by atoms with Gasteiger partial charge >= 0.3 is 12.1 Å². The third-order valence-electron chi connectivity index (χ3n) is 4.04. The highest BCUT2D eigenvalue weighted by molar-refractivity contribution is 5.82. The number of rotatable bonds is 13. The van der Waals surface area contributed by atoms with Crippen molar-refractivity contribution in [2.45, 2.75) is 50.2 Å². The van der Waals surface area contributed by atoms with E-state index in [2.05, 4.69) is 5.32 Å². The Balaban J connectivity index is 2.69. The summed E-state index contributed by atoms with van der Waals surface area (Å²) in [5.74, 6) is -0.986. The molecule has 0 spiro atoms. The molecule has 0 fully saturated rings. The second kappa shape index (κ2) is 13.6. The molecule has 1 aromatic carbocycles. The molecule has 0 aliphatic carbocycles. The van der Waals surface area contributed by atoms with Gasteiger partial charge in [-0.2, -0.15) is 0 Å². The Morgan fingerprint density at radius 3 is 2.45 bits per heavy atom. The molecule has 0 bridgehead atoms. The van der Waals surface area contributed by atoms with Gasteiger partial charge in [-0.25, -0.2) is 9.59 Å². The maximum Gasteiger partial charge on any atom is 0.408 e. The number of benzene rings is 1. The molecule has 0 unspecified atom stereocenters. The third kappa shape index (κ3) is 9.01. The lowest BCUT2D eigenvalue weighted by atomic mass is 10.1. The highest BCUT2D eigenvalue weighted by Crippen LogP contribution is 2.09. The van der Waals surface area contributed by atoms with Crippen molar-refractivity contribution in [3.8, 4) is 0 Å². The van der Waals surface area contributed by atoms with Crippen molar-refractivity contribution in [3.63, 3.8) is 0 Å². The minimum absolute atomic E-state index is 0.00435. The summed E-state index contributed by atoms with van der Waals surface area (Å²) < 4.78 is 9.99. The van der Waals surface area contributed by atoms with Gasteiger partial charge < -0.3 is 35.8 Å². The Labute approximate surface area is 168 Å². The first-order valence-corrected chi connectivity index (χ1v) is 9.23. The molecule has 0 saturated heterocycles. The number of hydrogen-bond donors (Lipinski definition) is 5. The van der Waals surface area contributed by atoms with Gasteiger partial charge in [0.2, 0.25) is 0 Å². The lowest BCUT2D eigenvalue weighted by molar-refractivity contribution is -0.165. The van der Waals surface area contributed by atoms with Crippen LogP contribution in [0.3, 0.4) is 0 Å². The zero-order chi connectivity index (χ0) is 21.6. The molecule has 0 aromatic heterocycles. The number of ether oxygens (including phenoxy) is 2. The standard InChI is InChI=1S/C19H28N2O8/c20-9-5-4-8-14(18(26)29-16(11-23)17(25)15(24)10-22)21-19(27)28-12-13-6-2-1-3-7-13/h1-3,6-7,11,14-17,22,24-25H,4-5,8-10,12,20H2,(H,21,27)/t14-,15+,16-,17+/m0/s1. The van der Waals surface area contributed by atoms with E-state index in [9.17, 15) is 24.6 Å². The molecule has 0 heterocycles. The third-order valence-corrected chi connectivity index (χ3v) is 4.04. The molecule has 0 saturated carbocycles. The van der Waals surface area contributed by atoms with Crippen LogP contribution >= 0.6 is 0 Å². The first kappa shape index (κ1) is 24.5. The van der Waals surface area contributed by atoms with Crippen LogP contribution in [0.15, 0.2) is 30.3 Å². The quantitative estimate of drug-likeness (QED) is 0.159. The van der Waals surface area contributed by atoms with Gasteiger partial charge in [-0.1, -0.05) is 30.3 Å². The molecule has 1 aromatic rings. The Morgan fingerprint density at radius 1 is 1.17 bits per heavy atom.